The molecule has 4 heteroatoms. The summed E-state index contributed by atoms with van der Waals surface area (Å²) >= 11 is 6.09. The highest BCUT2D eigenvalue weighted by Crippen LogP contribution is 2.68. The molecule has 4 rings (SSSR count). The van der Waals surface area contributed by atoms with Gasteiger partial charge in [0.2, 0.25) is 0 Å². The van der Waals surface area contributed by atoms with Gasteiger partial charge in [0.15, 0.2) is 0 Å². The molecule has 0 aromatic heterocycles. The van der Waals surface area contributed by atoms with Crippen molar-refractivity contribution in [1.29, 1.82) is 0 Å². The summed E-state index contributed by atoms with van der Waals surface area (Å²) < 4.78 is 13.1. The summed E-state index contributed by atoms with van der Waals surface area (Å²) in [5.41, 5.74) is 3.98. The van der Waals surface area contributed by atoms with E-state index in [9.17, 15) is 4.39 Å². The fourth-order valence-electron chi connectivity index (χ4n) is 3.13. The molecule has 3 aliphatic rings. The van der Waals surface area contributed by atoms with Crippen molar-refractivity contribution in [1.82, 2.24) is 5.43 Å². The molecule has 2 bridgehead atoms. The Morgan fingerprint density at radius 2 is 2.00 bits per heavy atom. The van der Waals surface area contributed by atoms with Crippen LogP contribution in [0.15, 0.2) is 18.2 Å². The Bertz CT molecular complexity index is 413. The van der Waals surface area contributed by atoms with Gasteiger partial charge in [-0.05, 0) is 43.0 Å². The molecular weight excluding hydrogens is 215 g/mol. The van der Waals surface area contributed by atoms with Crippen LogP contribution >= 0.6 is 11.6 Å². The van der Waals surface area contributed by atoms with E-state index < -0.39 is 0 Å². The van der Waals surface area contributed by atoms with E-state index in [1.165, 1.54) is 6.07 Å². The molecule has 0 aliphatic heterocycles. The van der Waals surface area contributed by atoms with Crippen LogP contribution in [0.3, 0.4) is 0 Å². The minimum absolute atomic E-state index is 0.0888. The van der Waals surface area contributed by atoms with Crippen LogP contribution in [0.2, 0.25) is 5.02 Å². The van der Waals surface area contributed by atoms with Crippen molar-refractivity contribution in [2.45, 2.75) is 30.2 Å². The van der Waals surface area contributed by atoms with Crippen LogP contribution in [0.25, 0.3) is 0 Å². The number of nitrogens with one attached hydrogen (secondary N) is 1. The summed E-state index contributed by atoms with van der Waals surface area (Å²) in [6.07, 6.45) is 2.92. The molecule has 3 aliphatic carbocycles. The van der Waals surface area contributed by atoms with E-state index in [4.69, 9.17) is 17.4 Å². The Kier molecular flexibility index (Phi) is 1.74. The molecule has 0 spiro atoms. The molecule has 2 nitrogen and oxygen atoms in total. The Balaban J connectivity index is 1.93. The first-order chi connectivity index (χ1) is 7.09. The molecule has 0 unspecified atom stereocenters. The Morgan fingerprint density at radius 1 is 1.33 bits per heavy atom. The van der Waals surface area contributed by atoms with Crippen LogP contribution in [0, 0.1) is 5.82 Å². The normalized spacial score (nSPS) is 37.0. The van der Waals surface area contributed by atoms with Crippen LogP contribution in [-0.2, 0) is 5.41 Å². The highest BCUT2D eigenvalue weighted by molar-refractivity contribution is 6.31. The van der Waals surface area contributed by atoms with E-state index in [0.29, 0.717) is 5.02 Å². The van der Waals surface area contributed by atoms with Crippen LogP contribution in [0.4, 0.5) is 4.39 Å². The Morgan fingerprint density at radius 3 is 2.60 bits per heavy atom. The maximum atomic E-state index is 13.1. The summed E-state index contributed by atoms with van der Waals surface area (Å²) in [7, 11) is 0. The van der Waals surface area contributed by atoms with E-state index in [1.54, 1.807) is 12.1 Å². The molecule has 1 aromatic carbocycles. The number of hydrazine groups is 1. The second-order valence-corrected chi connectivity index (χ2v) is 5.27. The highest BCUT2D eigenvalue weighted by Gasteiger charge is 2.68. The summed E-state index contributed by atoms with van der Waals surface area (Å²) in [4.78, 5) is 0. The van der Waals surface area contributed by atoms with Crippen molar-refractivity contribution in [3.63, 3.8) is 0 Å². The van der Waals surface area contributed by atoms with Gasteiger partial charge in [0.05, 0.1) is 0 Å². The lowest BCUT2D eigenvalue weighted by Crippen LogP contribution is -2.77. The lowest BCUT2D eigenvalue weighted by Gasteiger charge is -2.70. The van der Waals surface area contributed by atoms with Gasteiger partial charge in [0.25, 0.3) is 0 Å². The van der Waals surface area contributed by atoms with Crippen LogP contribution in [0.1, 0.15) is 24.8 Å². The van der Waals surface area contributed by atoms with Gasteiger partial charge < -0.3 is 0 Å². The van der Waals surface area contributed by atoms with Crippen molar-refractivity contribution < 1.29 is 4.39 Å². The standard InChI is InChI=1S/C11H12ClFN2/c12-9-2-1-7(13)3-8(9)10-4-11(5-10,6-10)15-14/h1-3,15H,4-6,14H2. The molecule has 0 radical (unpaired) electrons. The van der Waals surface area contributed by atoms with Gasteiger partial charge in [-0.1, -0.05) is 11.6 Å². The van der Waals surface area contributed by atoms with Crippen molar-refractivity contribution in [2.24, 2.45) is 5.84 Å². The molecule has 3 N–H and O–H groups in total. The second-order valence-electron chi connectivity index (χ2n) is 4.86. The maximum Gasteiger partial charge on any atom is 0.123 e. The number of hydrogen-bond donors (Lipinski definition) is 2. The van der Waals surface area contributed by atoms with Gasteiger partial charge in [-0.3, -0.25) is 11.3 Å². The largest absolute Gasteiger partial charge is 0.271 e. The van der Waals surface area contributed by atoms with E-state index in [-0.39, 0.29) is 16.8 Å². The molecule has 3 fully saturated rings. The van der Waals surface area contributed by atoms with Crippen molar-refractivity contribution in [3.8, 4) is 0 Å². The first-order valence-electron chi connectivity index (χ1n) is 5.03. The van der Waals surface area contributed by atoms with Gasteiger partial charge in [-0.15, -0.1) is 0 Å². The zero-order chi connectivity index (χ0) is 10.7. The molecule has 80 valence electrons. The summed E-state index contributed by atoms with van der Waals surface area (Å²) in [5.74, 6) is 5.24. The van der Waals surface area contributed by atoms with Crippen molar-refractivity contribution >= 4 is 11.6 Å². The van der Waals surface area contributed by atoms with Crippen LogP contribution < -0.4 is 11.3 Å². The topological polar surface area (TPSA) is 38.0 Å². The van der Waals surface area contributed by atoms with Gasteiger partial charge in [0.1, 0.15) is 5.82 Å². The summed E-state index contributed by atoms with van der Waals surface area (Å²) in [6, 6.07) is 4.59. The van der Waals surface area contributed by atoms with Crippen molar-refractivity contribution in [2.75, 3.05) is 0 Å². The monoisotopic (exact) mass is 226 g/mol. The average Bonchev–Trinajstić information content (AvgIpc) is 2.07. The molecule has 0 amide bonds. The van der Waals surface area contributed by atoms with Crippen LogP contribution in [0.5, 0.6) is 0 Å². The van der Waals surface area contributed by atoms with Gasteiger partial charge >= 0.3 is 0 Å². The van der Waals surface area contributed by atoms with Gasteiger partial charge in [0, 0.05) is 16.0 Å². The number of hydrogen-bond acceptors (Lipinski definition) is 2. The maximum absolute atomic E-state index is 13.1. The molecular formula is C11H12ClFN2. The zero-order valence-electron chi connectivity index (χ0n) is 8.19. The SMILES string of the molecule is NNC12CC(c3cc(F)ccc3Cl)(C1)C2. The first kappa shape index (κ1) is 9.58. The van der Waals surface area contributed by atoms with Crippen LogP contribution in [-0.4, -0.2) is 5.54 Å². The quantitative estimate of drug-likeness (QED) is 0.599. The smallest absolute Gasteiger partial charge is 0.123 e. The van der Waals surface area contributed by atoms with E-state index in [0.717, 1.165) is 24.8 Å². The molecule has 0 heterocycles. The fourth-order valence-corrected chi connectivity index (χ4v) is 3.45. The number of halogens is 2. The predicted octanol–water partition coefficient (Wildman–Crippen LogP) is 2.12. The molecule has 3 saturated carbocycles. The first-order valence-corrected chi connectivity index (χ1v) is 5.40. The highest BCUT2D eigenvalue weighted by atomic mass is 35.5. The van der Waals surface area contributed by atoms with E-state index in [2.05, 4.69) is 5.43 Å². The Labute approximate surface area is 92.6 Å². The average molecular weight is 227 g/mol. The number of rotatable bonds is 2. The summed E-state index contributed by atoms with van der Waals surface area (Å²) in [5, 5.41) is 0.668. The second kappa shape index (κ2) is 2.73. The predicted molar refractivity (Wildman–Crippen MR) is 57.0 cm³/mol. The summed E-state index contributed by atoms with van der Waals surface area (Å²) in [6.45, 7) is 0. The third-order valence-corrected chi connectivity index (χ3v) is 4.17. The van der Waals surface area contributed by atoms with Gasteiger partial charge in [-0.25, -0.2) is 4.39 Å². The molecule has 0 saturated heterocycles. The number of benzene rings is 1. The molecule has 0 atom stereocenters. The van der Waals surface area contributed by atoms with E-state index in [1.807, 2.05) is 0 Å². The number of nitrogens with two attached hydrogens (primary N) is 1. The zero-order valence-corrected chi connectivity index (χ0v) is 8.94. The minimum atomic E-state index is -0.214. The molecule has 15 heavy (non-hydrogen) atoms. The Hall–Kier alpha value is -0.640. The molecule has 1 aromatic rings. The van der Waals surface area contributed by atoms with E-state index >= 15 is 0 Å². The van der Waals surface area contributed by atoms with Crippen molar-refractivity contribution in [3.05, 3.63) is 34.6 Å². The fraction of sp³-hybridized carbons (Fsp3) is 0.455. The third-order valence-electron chi connectivity index (χ3n) is 3.84. The minimum Gasteiger partial charge on any atom is -0.271 e. The van der Waals surface area contributed by atoms with Gasteiger partial charge in [-0.2, -0.15) is 0 Å². The lowest BCUT2D eigenvalue weighted by molar-refractivity contribution is -0.0883. The third kappa shape index (κ3) is 1.11. The lowest BCUT2D eigenvalue weighted by atomic mass is 9.37.